The maximum atomic E-state index is 13.2. The lowest BCUT2D eigenvalue weighted by atomic mass is 10.1. The highest BCUT2D eigenvalue weighted by Crippen LogP contribution is 2.38. The average Bonchev–Trinajstić information content (AvgIpc) is 3.00. The minimum atomic E-state index is -0.259. The SMILES string of the molecule is O=C1C(Nc2ccccc2)=C[C@H](c2ccccc2Cl)N1c1ccccc1. The summed E-state index contributed by atoms with van der Waals surface area (Å²) in [6.45, 7) is 0. The van der Waals surface area contributed by atoms with Crippen LogP contribution in [0, 0.1) is 0 Å². The number of amides is 1. The Kier molecular flexibility index (Phi) is 4.46. The maximum Gasteiger partial charge on any atom is 0.275 e. The standard InChI is InChI=1S/C22H17ClN2O/c23-19-14-8-7-13-18(19)21-15-20(24-16-9-3-1-4-10-16)22(26)25(21)17-11-5-2-6-12-17/h1-15,21,24H/t21-/m1/s1. The van der Waals surface area contributed by atoms with Gasteiger partial charge in [0.15, 0.2) is 0 Å². The fourth-order valence-electron chi connectivity index (χ4n) is 3.14. The molecule has 26 heavy (non-hydrogen) atoms. The molecule has 0 unspecified atom stereocenters. The van der Waals surface area contributed by atoms with Gasteiger partial charge in [0.25, 0.3) is 5.91 Å². The van der Waals surface area contributed by atoms with Crippen molar-refractivity contribution in [2.45, 2.75) is 6.04 Å². The van der Waals surface area contributed by atoms with Gasteiger partial charge in [-0.3, -0.25) is 9.69 Å². The summed E-state index contributed by atoms with van der Waals surface area (Å²) in [6, 6.07) is 26.7. The molecule has 0 aromatic heterocycles. The third-order valence-corrected chi connectivity index (χ3v) is 4.71. The molecule has 4 rings (SSSR count). The molecule has 0 fully saturated rings. The van der Waals surface area contributed by atoms with Crippen LogP contribution in [0.2, 0.25) is 5.02 Å². The molecule has 1 N–H and O–H groups in total. The van der Waals surface area contributed by atoms with Gasteiger partial charge in [-0.05, 0) is 42.0 Å². The molecule has 1 atom stereocenters. The summed E-state index contributed by atoms with van der Waals surface area (Å²) in [5, 5.41) is 3.88. The first-order chi connectivity index (χ1) is 12.7. The van der Waals surface area contributed by atoms with Crippen molar-refractivity contribution in [3.63, 3.8) is 0 Å². The number of para-hydroxylation sites is 2. The van der Waals surface area contributed by atoms with E-state index in [4.69, 9.17) is 11.6 Å². The number of hydrogen-bond donors (Lipinski definition) is 1. The van der Waals surface area contributed by atoms with Crippen LogP contribution in [0.15, 0.2) is 96.7 Å². The van der Waals surface area contributed by atoms with Crippen LogP contribution in [0.25, 0.3) is 0 Å². The Morgan fingerprint density at radius 1 is 0.808 bits per heavy atom. The third-order valence-electron chi connectivity index (χ3n) is 4.36. The number of benzene rings is 3. The highest BCUT2D eigenvalue weighted by Gasteiger charge is 2.35. The highest BCUT2D eigenvalue weighted by molar-refractivity contribution is 6.31. The van der Waals surface area contributed by atoms with Crippen LogP contribution >= 0.6 is 11.6 Å². The van der Waals surface area contributed by atoms with Crippen molar-refractivity contribution in [2.24, 2.45) is 0 Å². The van der Waals surface area contributed by atoms with E-state index in [1.165, 1.54) is 0 Å². The van der Waals surface area contributed by atoms with Gasteiger partial charge in [0.1, 0.15) is 5.70 Å². The van der Waals surface area contributed by atoms with Crippen molar-refractivity contribution in [3.8, 4) is 0 Å². The molecule has 0 spiro atoms. The Morgan fingerprint density at radius 2 is 1.42 bits per heavy atom. The van der Waals surface area contributed by atoms with Crippen LogP contribution in [0.4, 0.5) is 11.4 Å². The number of anilines is 2. The second-order valence-corrected chi connectivity index (χ2v) is 6.46. The van der Waals surface area contributed by atoms with Gasteiger partial charge in [0, 0.05) is 16.4 Å². The Hall–Kier alpha value is -3.04. The molecule has 0 bridgehead atoms. The fourth-order valence-corrected chi connectivity index (χ4v) is 3.39. The first kappa shape index (κ1) is 16.4. The van der Waals surface area contributed by atoms with Crippen LogP contribution in [-0.2, 0) is 4.79 Å². The van der Waals surface area contributed by atoms with Crippen LogP contribution in [-0.4, -0.2) is 5.91 Å². The minimum Gasteiger partial charge on any atom is -0.351 e. The van der Waals surface area contributed by atoms with Gasteiger partial charge in [-0.25, -0.2) is 0 Å². The summed E-state index contributed by atoms with van der Waals surface area (Å²) >= 11 is 6.43. The molecule has 1 aliphatic rings. The predicted octanol–water partition coefficient (Wildman–Crippen LogP) is 5.42. The lowest BCUT2D eigenvalue weighted by Gasteiger charge is -2.25. The van der Waals surface area contributed by atoms with Crippen molar-refractivity contribution in [1.82, 2.24) is 0 Å². The molecule has 1 heterocycles. The number of halogens is 1. The largest absolute Gasteiger partial charge is 0.351 e. The zero-order valence-corrected chi connectivity index (χ0v) is 14.7. The van der Waals surface area contributed by atoms with E-state index >= 15 is 0 Å². The first-order valence-electron chi connectivity index (χ1n) is 8.41. The van der Waals surface area contributed by atoms with E-state index in [0.29, 0.717) is 10.7 Å². The van der Waals surface area contributed by atoms with Crippen LogP contribution in [0.1, 0.15) is 11.6 Å². The number of carbonyl (C=O) groups excluding carboxylic acids is 1. The molecule has 128 valence electrons. The van der Waals surface area contributed by atoms with Crippen molar-refractivity contribution >= 4 is 28.9 Å². The predicted molar refractivity (Wildman–Crippen MR) is 106 cm³/mol. The Balaban J connectivity index is 1.76. The Bertz CT molecular complexity index is 954. The summed E-state index contributed by atoms with van der Waals surface area (Å²) in [6.07, 6.45) is 1.93. The molecule has 1 aliphatic heterocycles. The highest BCUT2D eigenvalue weighted by atomic mass is 35.5. The molecule has 0 saturated heterocycles. The monoisotopic (exact) mass is 360 g/mol. The zero-order chi connectivity index (χ0) is 17.9. The van der Waals surface area contributed by atoms with E-state index in [2.05, 4.69) is 5.32 Å². The summed E-state index contributed by atoms with van der Waals surface area (Å²) in [4.78, 5) is 14.9. The molecule has 0 saturated carbocycles. The number of rotatable bonds is 4. The molecular formula is C22H17ClN2O. The van der Waals surface area contributed by atoms with Gasteiger partial charge in [-0.1, -0.05) is 66.2 Å². The maximum absolute atomic E-state index is 13.2. The van der Waals surface area contributed by atoms with E-state index in [9.17, 15) is 4.79 Å². The summed E-state index contributed by atoms with van der Waals surface area (Å²) in [7, 11) is 0. The summed E-state index contributed by atoms with van der Waals surface area (Å²) < 4.78 is 0. The lowest BCUT2D eigenvalue weighted by Crippen LogP contribution is -2.30. The zero-order valence-electron chi connectivity index (χ0n) is 14.0. The van der Waals surface area contributed by atoms with Crippen molar-refractivity contribution < 1.29 is 4.79 Å². The first-order valence-corrected chi connectivity index (χ1v) is 8.79. The van der Waals surface area contributed by atoms with E-state index in [0.717, 1.165) is 16.9 Å². The molecule has 0 aliphatic carbocycles. The third kappa shape index (κ3) is 3.09. The second kappa shape index (κ2) is 7.06. The topological polar surface area (TPSA) is 32.3 Å². The summed E-state index contributed by atoms with van der Waals surface area (Å²) in [5.74, 6) is -0.0787. The number of carbonyl (C=O) groups is 1. The van der Waals surface area contributed by atoms with Gasteiger partial charge < -0.3 is 5.32 Å². The van der Waals surface area contributed by atoms with Gasteiger partial charge in [-0.2, -0.15) is 0 Å². The number of nitrogens with one attached hydrogen (secondary N) is 1. The van der Waals surface area contributed by atoms with Gasteiger partial charge >= 0.3 is 0 Å². The number of nitrogens with zero attached hydrogens (tertiary/aromatic N) is 1. The average molecular weight is 361 g/mol. The molecule has 0 radical (unpaired) electrons. The Morgan fingerprint density at radius 3 is 2.12 bits per heavy atom. The quantitative estimate of drug-likeness (QED) is 0.673. The van der Waals surface area contributed by atoms with Crippen LogP contribution in [0.3, 0.4) is 0 Å². The molecule has 1 amide bonds. The second-order valence-electron chi connectivity index (χ2n) is 6.05. The van der Waals surface area contributed by atoms with Crippen molar-refractivity contribution in [1.29, 1.82) is 0 Å². The van der Waals surface area contributed by atoms with Crippen LogP contribution < -0.4 is 10.2 Å². The Labute approximate surface area is 157 Å². The van der Waals surface area contributed by atoms with E-state index in [1.807, 2.05) is 91.0 Å². The van der Waals surface area contributed by atoms with Gasteiger partial charge in [0.05, 0.1) is 6.04 Å². The minimum absolute atomic E-state index is 0.0787. The lowest BCUT2D eigenvalue weighted by molar-refractivity contribution is -0.114. The van der Waals surface area contributed by atoms with E-state index in [-0.39, 0.29) is 11.9 Å². The molecular weight excluding hydrogens is 344 g/mol. The number of hydrogen-bond acceptors (Lipinski definition) is 2. The normalized spacial score (nSPS) is 16.5. The van der Waals surface area contributed by atoms with Gasteiger partial charge in [0.2, 0.25) is 0 Å². The molecule has 4 heteroatoms. The van der Waals surface area contributed by atoms with Crippen LogP contribution in [0.5, 0.6) is 0 Å². The van der Waals surface area contributed by atoms with E-state index in [1.54, 1.807) is 4.90 Å². The van der Waals surface area contributed by atoms with Crippen molar-refractivity contribution in [3.05, 3.63) is 107 Å². The fraction of sp³-hybridized carbons (Fsp3) is 0.0455. The van der Waals surface area contributed by atoms with Gasteiger partial charge in [-0.15, -0.1) is 0 Å². The molecule has 3 aromatic carbocycles. The molecule has 3 aromatic rings. The summed E-state index contributed by atoms with van der Waals surface area (Å²) in [5.41, 5.74) is 3.16. The molecule has 3 nitrogen and oxygen atoms in total. The smallest absolute Gasteiger partial charge is 0.275 e. The van der Waals surface area contributed by atoms with E-state index < -0.39 is 0 Å². The van der Waals surface area contributed by atoms with Crippen molar-refractivity contribution in [2.75, 3.05) is 10.2 Å².